The molecule has 0 unspecified atom stereocenters. The zero-order valence-corrected chi connectivity index (χ0v) is 74.2. The summed E-state index contributed by atoms with van der Waals surface area (Å²) in [6, 6.07) is 7.34. The number of carboxylic acid groups (broad SMARTS) is 1. The van der Waals surface area contributed by atoms with Gasteiger partial charge in [-0.3, -0.25) is 44.9 Å². The molecule has 0 spiro atoms. The summed E-state index contributed by atoms with van der Waals surface area (Å²) in [4.78, 5) is 119. The number of aliphatic hydroxyl groups excluding tert-OH is 4. The molecular weight excluding hydrogens is 1730 g/mol. The van der Waals surface area contributed by atoms with Gasteiger partial charge >= 0.3 is 36.5 Å². The number of aliphatic hydroxyl groups is 4. The van der Waals surface area contributed by atoms with Crippen LogP contribution in [0.5, 0.6) is 11.5 Å². The number of nitro groups is 2. The third-order valence-electron chi connectivity index (χ3n) is 15.8. The van der Waals surface area contributed by atoms with Crippen LogP contribution in [0, 0.1) is 63.2 Å². The number of nitro benzene ring substituents is 2. The number of non-ortho nitro benzene ring substituents is 2. The Bertz CT molecular complexity index is 3630. The second kappa shape index (κ2) is 78.2. The molecule has 12 N–H and O–H groups in total. The topological polar surface area (TPSA) is 628 Å². The molecule has 2 aliphatic rings. The third kappa shape index (κ3) is 65.8. The second-order valence-corrected chi connectivity index (χ2v) is 27.4. The molecule has 130 heavy (non-hydrogen) atoms. The Hall–Kier alpha value is -10.7. The summed E-state index contributed by atoms with van der Waals surface area (Å²) >= 11 is 0. The van der Waals surface area contributed by atoms with Crippen LogP contribution >= 0.6 is 0 Å². The number of ether oxygens (including phenoxy) is 22. The molecule has 0 bridgehead atoms. The first-order valence-electron chi connectivity index (χ1n) is 41.0. The van der Waals surface area contributed by atoms with Gasteiger partial charge in [0, 0.05) is 75.2 Å². The fourth-order valence-corrected chi connectivity index (χ4v) is 9.62. The first kappa shape index (κ1) is 119. The number of alkyl carbamates (subject to hydrolysis) is 1. The number of nitrogens with one attached hydrogen (secondary N) is 3. The van der Waals surface area contributed by atoms with Crippen LogP contribution in [-0.4, -0.2) is 363 Å². The van der Waals surface area contributed by atoms with Crippen molar-refractivity contribution in [1.29, 1.82) is 0 Å². The summed E-state index contributed by atoms with van der Waals surface area (Å²) in [5.41, 5.74) is 9.69. The number of hydrogen-bond acceptors (Lipinski definition) is 41. The van der Waals surface area contributed by atoms with E-state index in [9.17, 15) is 58.6 Å². The van der Waals surface area contributed by atoms with Crippen molar-refractivity contribution in [1.82, 2.24) is 16.0 Å². The molecule has 2 aromatic rings. The first-order chi connectivity index (χ1) is 62.4. The second-order valence-electron chi connectivity index (χ2n) is 27.4. The van der Waals surface area contributed by atoms with Crippen molar-refractivity contribution in [2.45, 2.75) is 121 Å². The molecule has 3 amide bonds. The van der Waals surface area contributed by atoms with Crippen LogP contribution in [0.1, 0.15) is 73.1 Å². The van der Waals surface area contributed by atoms with Crippen LogP contribution in [0.25, 0.3) is 0 Å². The quantitative estimate of drug-likeness (QED) is 0.00522. The number of amides is 3. The zero-order valence-electron chi connectivity index (χ0n) is 74.2. The van der Waals surface area contributed by atoms with Crippen molar-refractivity contribution in [2.75, 3.05) is 225 Å². The van der Waals surface area contributed by atoms with Gasteiger partial charge in [-0.2, -0.15) is 0 Å². The number of carbonyl (C=O) groups excluding carboxylic acids is 7. The molecule has 47 nitrogen and oxygen atoms in total. The van der Waals surface area contributed by atoms with Crippen molar-refractivity contribution in [3.8, 4) is 48.5 Å². The summed E-state index contributed by atoms with van der Waals surface area (Å²) in [6.07, 6.45) is 11.5. The van der Waals surface area contributed by atoms with Gasteiger partial charge in [-0.15, -0.1) is 19.3 Å². The number of aliphatic carboxylic acids is 1. The highest BCUT2D eigenvalue weighted by atomic mass is 16.8. The maximum Gasteiger partial charge on any atom is 0.513 e. The number of methoxy groups -OCH3 is 1. The summed E-state index contributed by atoms with van der Waals surface area (Å²) in [5.74, 6) is 4.65. The Morgan fingerprint density at radius 2 is 0.992 bits per heavy atom. The predicted molar refractivity (Wildman–Crippen MR) is 457 cm³/mol. The highest BCUT2D eigenvalue weighted by Crippen LogP contribution is 2.33. The lowest BCUT2D eigenvalue weighted by atomic mass is 9.87. The molecule has 47 heteroatoms. The zero-order chi connectivity index (χ0) is 96.8. The van der Waals surface area contributed by atoms with Crippen molar-refractivity contribution < 1.29 is 178 Å². The molecule has 8 atom stereocenters. The molecule has 0 radical (unpaired) electrons. The van der Waals surface area contributed by atoms with E-state index >= 15 is 0 Å². The van der Waals surface area contributed by atoms with Crippen molar-refractivity contribution >= 4 is 65.5 Å². The van der Waals surface area contributed by atoms with Crippen molar-refractivity contribution in [3.05, 3.63) is 80.6 Å². The molecule has 1 saturated heterocycles. The number of rotatable bonds is 63. The highest BCUT2D eigenvalue weighted by Gasteiger charge is 2.47. The molecule has 0 aliphatic carbocycles. The standard InChI is InChI=1S/C30H35N3O15.C21H33N3O9.C16H29NO7.C12H20O6.C4H11NO2/c1-2-13-41-16-18-43-20-21-44-19-17-42-14-12-28(34)31-23(22-46-30(36)48-27-9-5-25(6-10-27)33(39)40)11-15-45-29(35)47-26-7-3-24(4-8-26)32(37)38;1-11-13(23-12(2)24-19(26)33-21(3,4)5)9-14(18(25)28-6)31-16(11)17(29-8-7-22)15-10-30-20(27)32-15;1-2-6-21-8-10-23-12-13-24-11-9-22-7-4-16(20)17-15(14-19)3-5-18;1-2-4-15-6-8-17-10-11-18-9-7-16-5-3-12(13)14;5-4(3-7)1-2-6/h1,3-10,23H,11-22H2,(H,31,34);9,11,13,15-17H,7-8,10,22H2,1-6H3,(H,23,24,26);1,15,18-19H,3-14H2,(H,17,20);1H,3-11H2,(H,13,14);4,6-7H,1-3,5H2/t23-;11-,13+,15-,16-,17-;15-;;4-/m010.0/s1. The van der Waals surface area contributed by atoms with Crippen LogP contribution in [0.2, 0.25) is 0 Å². The maximum atomic E-state index is 12.5. The van der Waals surface area contributed by atoms with Crippen LogP contribution in [0.4, 0.5) is 30.6 Å². The van der Waals surface area contributed by atoms with Crippen LogP contribution in [0.15, 0.2) is 65.4 Å². The fraction of sp³-hybridized carbons (Fsp3) is 0.651. The molecule has 1 fully saturated rings. The number of benzene rings is 2. The number of amidine groups is 1. The van der Waals surface area contributed by atoms with Crippen molar-refractivity contribution in [3.63, 3.8) is 0 Å². The Balaban J connectivity index is 0.00000176. The van der Waals surface area contributed by atoms with E-state index in [0.29, 0.717) is 125 Å². The number of carboxylic acids is 1. The van der Waals surface area contributed by atoms with E-state index in [1.165, 1.54) is 37.5 Å². The minimum Gasteiger partial charge on any atom is -0.481 e. The number of aliphatic imine (C=N–C) groups is 1. The van der Waals surface area contributed by atoms with Gasteiger partial charge in [0.2, 0.25) is 17.6 Å². The molecule has 2 aromatic carbocycles. The molecule has 2 heterocycles. The summed E-state index contributed by atoms with van der Waals surface area (Å²) in [6.45, 7) is 16.8. The maximum absolute atomic E-state index is 12.5. The Kier molecular flexibility index (Phi) is 71.8. The average Bonchev–Trinajstić information content (AvgIpc) is 1.34. The molecule has 0 saturated carbocycles. The van der Waals surface area contributed by atoms with Gasteiger partial charge in [-0.25, -0.2) is 24.0 Å². The molecule has 2 aliphatic heterocycles. The molecule has 4 rings (SSSR count). The van der Waals surface area contributed by atoms with Crippen LogP contribution in [-0.2, 0) is 114 Å². The Morgan fingerprint density at radius 3 is 1.35 bits per heavy atom. The lowest BCUT2D eigenvalue weighted by Gasteiger charge is -2.38. The minimum absolute atomic E-state index is 0.00799. The predicted octanol–water partition coefficient (Wildman–Crippen LogP) is 2.25. The highest BCUT2D eigenvalue weighted by molar-refractivity contribution is 5.94. The van der Waals surface area contributed by atoms with E-state index < -0.39 is 94.3 Å². The minimum atomic E-state index is -1.15. The normalized spacial score (nSPS) is 15.1. The number of nitrogens with two attached hydrogens (primary N) is 2. The Labute approximate surface area is 754 Å². The lowest BCUT2D eigenvalue weighted by Crippen LogP contribution is -2.51. The van der Waals surface area contributed by atoms with E-state index in [1.54, 1.807) is 27.7 Å². The fourth-order valence-electron chi connectivity index (χ4n) is 9.62. The SMILES string of the molecule is C#CCOCCOCCOCCOCCC(=O)N[C@@H](CCOC(=O)Oc1ccc([N+](=O)[O-])cc1)COC(=O)Oc1ccc([N+](=O)[O-])cc1.C#CCOCCOCCOCCOCCC(=O)N[C@H](CO)CCO.C#CCOCCOCCOCCOCCC(=O)O.COC(=O)C1=C[C@H](N=C(C)NC(=O)OC(C)(C)C)[C@@H](C)[C@H]([C@H](OCCN)[C@H]2COC(=O)O2)O1.N[C@H](CO)CCO. The van der Waals surface area contributed by atoms with Crippen LogP contribution < -0.4 is 36.9 Å². The van der Waals surface area contributed by atoms with Crippen LogP contribution in [0.3, 0.4) is 0 Å². The van der Waals surface area contributed by atoms with Gasteiger partial charge in [0.05, 0.1) is 207 Å². The molecular formula is C83H128N8O39. The number of hydrogen-bond donors (Lipinski definition) is 10. The van der Waals surface area contributed by atoms with E-state index in [4.69, 9.17) is 160 Å². The molecule has 0 aromatic heterocycles. The molecule has 734 valence electrons. The Morgan fingerprint density at radius 1 is 0.577 bits per heavy atom. The van der Waals surface area contributed by atoms with Gasteiger partial charge in [0.25, 0.3) is 11.4 Å². The number of carbonyl (C=O) groups is 8. The van der Waals surface area contributed by atoms with E-state index in [1.807, 2.05) is 6.92 Å². The summed E-state index contributed by atoms with van der Waals surface area (Å²) in [5, 5.41) is 71.9. The number of esters is 1. The largest absolute Gasteiger partial charge is 0.513 e. The summed E-state index contributed by atoms with van der Waals surface area (Å²) in [7, 11) is 1.22. The number of cyclic esters (lactones) is 2. The van der Waals surface area contributed by atoms with E-state index in [-0.39, 0.29) is 184 Å². The van der Waals surface area contributed by atoms with E-state index in [0.717, 1.165) is 24.3 Å². The average molecular weight is 1860 g/mol. The number of terminal acetylenes is 3. The van der Waals surface area contributed by atoms with Gasteiger partial charge in [-0.05, 0) is 70.9 Å². The summed E-state index contributed by atoms with van der Waals surface area (Å²) < 4.78 is 114. The van der Waals surface area contributed by atoms with Gasteiger partial charge in [-0.1, -0.05) is 24.7 Å². The smallest absolute Gasteiger partial charge is 0.481 e. The van der Waals surface area contributed by atoms with Gasteiger partial charge in [0.15, 0.2) is 6.10 Å². The van der Waals surface area contributed by atoms with Crippen molar-refractivity contribution in [2.24, 2.45) is 22.4 Å². The van der Waals surface area contributed by atoms with Gasteiger partial charge < -0.3 is 152 Å². The number of nitrogens with zero attached hydrogens (tertiary/aromatic N) is 3. The third-order valence-corrected chi connectivity index (χ3v) is 15.8. The van der Waals surface area contributed by atoms with E-state index in [2.05, 4.69) is 38.7 Å². The lowest BCUT2D eigenvalue weighted by molar-refractivity contribution is -0.385. The monoisotopic (exact) mass is 1860 g/mol. The first-order valence-corrected chi connectivity index (χ1v) is 41.0. The van der Waals surface area contributed by atoms with Gasteiger partial charge in [0.1, 0.15) is 68.2 Å².